The number of aliphatic hydroxyl groups is 1. The van der Waals surface area contributed by atoms with E-state index in [2.05, 4.69) is 11.1 Å². The van der Waals surface area contributed by atoms with E-state index in [-0.39, 0.29) is 5.82 Å². The number of nitrogens with two attached hydrogens (primary N) is 1. The molecule has 3 N–H and O–H groups in total. The molecule has 8 heteroatoms. The Labute approximate surface area is 136 Å². The minimum absolute atomic E-state index is 0.0816. The molecule has 2 heterocycles. The molecule has 127 valence electrons. The van der Waals surface area contributed by atoms with Gasteiger partial charge in [0.15, 0.2) is 0 Å². The molecule has 1 radical (unpaired) electrons. The average molecular weight is 336 g/mol. The first kappa shape index (κ1) is 16.5. The molecule has 0 spiro atoms. The van der Waals surface area contributed by atoms with Crippen molar-refractivity contribution in [2.45, 2.75) is 37.2 Å². The molecular formula is C16H16F2N3O3. The molecule has 4 atom stereocenters. The summed E-state index contributed by atoms with van der Waals surface area (Å²) in [5, 5.41) is 10.1. The van der Waals surface area contributed by atoms with Gasteiger partial charge in [-0.3, -0.25) is 4.57 Å². The third kappa shape index (κ3) is 2.67. The van der Waals surface area contributed by atoms with E-state index in [1.54, 1.807) is 31.2 Å². The fraction of sp³-hybridized carbons (Fsp3) is 0.375. The number of hydrogen-bond donors (Lipinski definition) is 2. The van der Waals surface area contributed by atoms with Crippen molar-refractivity contribution in [3.05, 3.63) is 58.6 Å². The topological polar surface area (TPSA) is 90.4 Å². The second-order valence-corrected chi connectivity index (χ2v) is 5.72. The van der Waals surface area contributed by atoms with Gasteiger partial charge in [-0.05, 0) is 17.7 Å². The van der Waals surface area contributed by atoms with E-state index in [1.807, 2.05) is 0 Å². The van der Waals surface area contributed by atoms with Gasteiger partial charge in [-0.2, -0.15) is 13.8 Å². The normalized spacial score (nSPS) is 27.1. The van der Waals surface area contributed by atoms with Crippen LogP contribution in [0.3, 0.4) is 0 Å². The molecule has 1 aliphatic rings. The summed E-state index contributed by atoms with van der Waals surface area (Å²) in [4.78, 5) is 15.3. The molecule has 1 aromatic heterocycles. The Morgan fingerprint density at radius 2 is 2.21 bits per heavy atom. The molecule has 1 aliphatic heterocycles. The number of halogens is 2. The van der Waals surface area contributed by atoms with Crippen LogP contribution in [0.5, 0.6) is 0 Å². The number of hydrogen-bond acceptors (Lipinski definition) is 5. The SMILES string of the molecule is C[C@H](c1[c]cccc1)[C@@H]1O[C@@H](n2ccc(N)nc2=O)C(F)(F)[C@@H]1O. The number of nitrogens with zero attached hydrogens (tertiary/aromatic N) is 2. The highest BCUT2D eigenvalue weighted by Crippen LogP contribution is 2.46. The van der Waals surface area contributed by atoms with Gasteiger partial charge in [0, 0.05) is 12.1 Å². The minimum Gasteiger partial charge on any atom is -0.384 e. The van der Waals surface area contributed by atoms with Crippen molar-refractivity contribution in [1.29, 1.82) is 0 Å². The number of aliphatic hydroxyl groups excluding tert-OH is 1. The Kier molecular flexibility index (Phi) is 4.10. The van der Waals surface area contributed by atoms with Crippen LogP contribution in [0.2, 0.25) is 0 Å². The number of anilines is 1. The Bertz CT molecular complexity index is 782. The molecule has 0 unspecified atom stereocenters. The average Bonchev–Trinajstić information content (AvgIpc) is 2.79. The quantitative estimate of drug-likeness (QED) is 0.882. The number of benzene rings is 1. The monoisotopic (exact) mass is 336 g/mol. The molecule has 2 aromatic rings. The number of alkyl halides is 2. The fourth-order valence-corrected chi connectivity index (χ4v) is 2.79. The second kappa shape index (κ2) is 5.95. The maximum atomic E-state index is 14.5. The van der Waals surface area contributed by atoms with E-state index in [9.17, 15) is 18.7 Å². The summed E-state index contributed by atoms with van der Waals surface area (Å²) < 4.78 is 35.0. The van der Waals surface area contributed by atoms with Crippen molar-refractivity contribution < 1.29 is 18.6 Å². The number of ether oxygens (including phenoxy) is 1. The van der Waals surface area contributed by atoms with E-state index >= 15 is 0 Å². The highest BCUT2D eigenvalue weighted by atomic mass is 19.3. The molecule has 6 nitrogen and oxygen atoms in total. The van der Waals surface area contributed by atoms with Gasteiger partial charge in [-0.1, -0.05) is 31.2 Å². The zero-order chi connectivity index (χ0) is 17.5. The summed E-state index contributed by atoms with van der Waals surface area (Å²) >= 11 is 0. The predicted octanol–water partition coefficient (Wildman–Crippen LogP) is 1.32. The highest BCUT2D eigenvalue weighted by molar-refractivity contribution is 5.24. The number of rotatable bonds is 3. The summed E-state index contributed by atoms with van der Waals surface area (Å²) in [5.74, 6) is -4.29. The third-order valence-corrected chi connectivity index (χ3v) is 4.14. The van der Waals surface area contributed by atoms with Crippen LogP contribution >= 0.6 is 0 Å². The van der Waals surface area contributed by atoms with Gasteiger partial charge in [-0.15, -0.1) is 0 Å². The molecule has 1 saturated heterocycles. The predicted molar refractivity (Wildman–Crippen MR) is 81.5 cm³/mol. The lowest BCUT2D eigenvalue weighted by atomic mass is 9.91. The van der Waals surface area contributed by atoms with Crippen LogP contribution in [-0.2, 0) is 4.74 Å². The first-order valence-corrected chi connectivity index (χ1v) is 7.35. The van der Waals surface area contributed by atoms with Crippen molar-refractivity contribution in [3.8, 4) is 0 Å². The zero-order valence-electron chi connectivity index (χ0n) is 12.8. The molecule has 1 aromatic carbocycles. The van der Waals surface area contributed by atoms with Gasteiger partial charge in [0.1, 0.15) is 11.9 Å². The largest absolute Gasteiger partial charge is 0.384 e. The Morgan fingerprint density at radius 1 is 1.46 bits per heavy atom. The van der Waals surface area contributed by atoms with Crippen LogP contribution in [0.1, 0.15) is 24.6 Å². The summed E-state index contributed by atoms with van der Waals surface area (Å²) in [6, 6.07) is 11.0. The number of nitrogen functional groups attached to an aromatic ring is 1. The van der Waals surface area contributed by atoms with Crippen molar-refractivity contribution in [3.63, 3.8) is 0 Å². The molecule has 0 amide bonds. The molecule has 0 saturated carbocycles. The van der Waals surface area contributed by atoms with E-state index in [0.29, 0.717) is 10.1 Å². The Morgan fingerprint density at radius 3 is 2.83 bits per heavy atom. The molecule has 0 aliphatic carbocycles. The van der Waals surface area contributed by atoms with Crippen LogP contribution in [0, 0.1) is 6.07 Å². The van der Waals surface area contributed by atoms with E-state index in [4.69, 9.17) is 10.5 Å². The summed E-state index contributed by atoms with van der Waals surface area (Å²) in [7, 11) is 0. The van der Waals surface area contributed by atoms with Crippen LogP contribution in [0.4, 0.5) is 14.6 Å². The van der Waals surface area contributed by atoms with Gasteiger partial charge in [0.25, 0.3) is 0 Å². The summed E-state index contributed by atoms with van der Waals surface area (Å²) in [6.45, 7) is 1.65. The standard InChI is InChI=1S/C16H16F2N3O3/c1-9(10-5-3-2-4-6-10)12-13(22)16(17,18)14(24-12)21-8-7-11(19)20-15(21)23/h2-5,7-9,12-14,22H,1H3,(H2,19,20,23)/t9-,12+,13-,14-/m1/s1. The van der Waals surface area contributed by atoms with Crippen LogP contribution in [0.25, 0.3) is 0 Å². The first-order valence-electron chi connectivity index (χ1n) is 7.35. The lowest BCUT2D eigenvalue weighted by Gasteiger charge is -2.22. The van der Waals surface area contributed by atoms with Gasteiger partial charge in [-0.25, -0.2) is 4.79 Å². The number of aromatic nitrogens is 2. The van der Waals surface area contributed by atoms with Crippen molar-refractivity contribution in [2.24, 2.45) is 0 Å². The first-order chi connectivity index (χ1) is 11.3. The molecule has 1 fully saturated rings. The maximum absolute atomic E-state index is 14.5. The van der Waals surface area contributed by atoms with Crippen LogP contribution in [-0.4, -0.2) is 32.8 Å². The van der Waals surface area contributed by atoms with Crippen molar-refractivity contribution in [2.75, 3.05) is 5.73 Å². The summed E-state index contributed by atoms with van der Waals surface area (Å²) in [5.41, 5.74) is 5.03. The fourth-order valence-electron chi connectivity index (χ4n) is 2.79. The second-order valence-electron chi connectivity index (χ2n) is 5.72. The zero-order valence-corrected chi connectivity index (χ0v) is 12.8. The third-order valence-electron chi connectivity index (χ3n) is 4.14. The summed E-state index contributed by atoms with van der Waals surface area (Å²) in [6.07, 6.45) is -4.15. The smallest absolute Gasteiger partial charge is 0.351 e. The Balaban J connectivity index is 1.95. The van der Waals surface area contributed by atoms with E-state index < -0.39 is 36.0 Å². The lowest BCUT2D eigenvalue weighted by Crippen LogP contribution is -2.42. The Hall–Kier alpha value is -2.32. The van der Waals surface area contributed by atoms with Crippen LogP contribution in [0.15, 0.2) is 41.3 Å². The van der Waals surface area contributed by atoms with Gasteiger partial charge >= 0.3 is 11.6 Å². The van der Waals surface area contributed by atoms with E-state index in [0.717, 1.165) is 6.20 Å². The molecule has 3 rings (SSSR count). The highest BCUT2D eigenvalue weighted by Gasteiger charge is 2.60. The molecule has 0 bridgehead atoms. The maximum Gasteiger partial charge on any atom is 0.351 e. The van der Waals surface area contributed by atoms with Gasteiger partial charge < -0.3 is 15.6 Å². The van der Waals surface area contributed by atoms with Gasteiger partial charge in [0.05, 0.1) is 6.10 Å². The van der Waals surface area contributed by atoms with E-state index in [1.165, 1.54) is 6.07 Å². The lowest BCUT2D eigenvalue weighted by molar-refractivity contribution is -0.140. The van der Waals surface area contributed by atoms with Crippen molar-refractivity contribution in [1.82, 2.24) is 9.55 Å². The minimum atomic E-state index is -3.66. The molecular weight excluding hydrogens is 320 g/mol. The van der Waals surface area contributed by atoms with Gasteiger partial charge in [0.2, 0.25) is 6.23 Å². The van der Waals surface area contributed by atoms with Crippen LogP contribution < -0.4 is 11.4 Å². The van der Waals surface area contributed by atoms with Crippen molar-refractivity contribution >= 4 is 5.82 Å². The molecule has 24 heavy (non-hydrogen) atoms.